The molecule has 0 aliphatic rings. The van der Waals surface area contributed by atoms with Gasteiger partial charge in [-0.2, -0.15) is 0 Å². The van der Waals surface area contributed by atoms with Gasteiger partial charge in [-0.05, 0) is 85.7 Å². The van der Waals surface area contributed by atoms with Gasteiger partial charge in [-0.25, -0.2) is 8.42 Å². The van der Waals surface area contributed by atoms with Crippen molar-refractivity contribution in [2.75, 3.05) is 23.8 Å². The summed E-state index contributed by atoms with van der Waals surface area (Å²) in [5.74, 6) is 0.489. The molecule has 0 spiro atoms. The average Bonchev–Trinajstić information content (AvgIpc) is 2.77. The zero-order valence-corrected chi connectivity index (χ0v) is 20.5. The quantitative estimate of drug-likeness (QED) is 0.402. The summed E-state index contributed by atoms with van der Waals surface area (Å²) in [6.45, 7) is 3.54. The maximum Gasteiger partial charge on any atom is 0.264 e. The minimum absolute atomic E-state index is 0.0533. The number of para-hydroxylation sites is 2. The highest BCUT2D eigenvalue weighted by atomic mass is 32.2. The van der Waals surface area contributed by atoms with Crippen molar-refractivity contribution in [3.63, 3.8) is 0 Å². The van der Waals surface area contributed by atoms with Gasteiger partial charge in [-0.15, -0.1) is 0 Å². The van der Waals surface area contributed by atoms with E-state index in [1.807, 2.05) is 19.9 Å². The number of rotatable bonds is 8. The number of aryl methyl sites for hydroxylation is 2. The summed E-state index contributed by atoms with van der Waals surface area (Å²) in [5.41, 5.74) is 2.93. The summed E-state index contributed by atoms with van der Waals surface area (Å²) in [4.78, 5) is 12.2. The fraction of sp³-hybridized carbons (Fsp3) is 0.167. The van der Waals surface area contributed by atoms with Crippen molar-refractivity contribution < 1.29 is 22.7 Å². The smallest absolute Gasteiger partial charge is 0.264 e. The molecule has 0 saturated carbocycles. The number of carbonyl (C=O) groups is 1. The SMILES string of the molecule is COc1ccccc1OCC(=O)NC(=S)Nc1ccc(S(=O)(=O)Nc2cc(C)cc(C)c2)cc1. The molecule has 3 N–H and O–H groups in total. The highest BCUT2D eigenvalue weighted by molar-refractivity contribution is 7.92. The molecule has 0 saturated heterocycles. The normalized spacial score (nSPS) is 10.8. The molecule has 0 aliphatic carbocycles. The lowest BCUT2D eigenvalue weighted by atomic mass is 10.1. The highest BCUT2D eigenvalue weighted by Gasteiger charge is 2.15. The van der Waals surface area contributed by atoms with Crippen LogP contribution in [0.1, 0.15) is 11.1 Å². The van der Waals surface area contributed by atoms with Crippen LogP contribution in [0.25, 0.3) is 0 Å². The molecule has 8 nitrogen and oxygen atoms in total. The molecular weight excluding hydrogens is 474 g/mol. The predicted octanol–water partition coefficient (Wildman–Crippen LogP) is 4.00. The Morgan fingerprint density at radius 2 is 1.53 bits per heavy atom. The molecular formula is C24H25N3O5S2. The summed E-state index contributed by atoms with van der Waals surface area (Å²) in [5, 5.41) is 5.40. The van der Waals surface area contributed by atoms with Gasteiger partial charge in [-0.3, -0.25) is 14.8 Å². The van der Waals surface area contributed by atoms with E-state index < -0.39 is 15.9 Å². The Morgan fingerprint density at radius 3 is 2.15 bits per heavy atom. The van der Waals surface area contributed by atoms with Crippen molar-refractivity contribution in [2.24, 2.45) is 0 Å². The second-order valence-electron chi connectivity index (χ2n) is 7.45. The summed E-state index contributed by atoms with van der Waals surface area (Å²) in [7, 11) is -2.25. The van der Waals surface area contributed by atoms with Gasteiger partial charge in [0.15, 0.2) is 23.2 Å². The minimum Gasteiger partial charge on any atom is -0.493 e. The van der Waals surface area contributed by atoms with Crippen molar-refractivity contribution >= 4 is 44.6 Å². The Hall–Kier alpha value is -3.63. The molecule has 3 aromatic carbocycles. The molecule has 0 unspecified atom stereocenters. The molecule has 10 heteroatoms. The molecule has 178 valence electrons. The van der Waals surface area contributed by atoms with Crippen molar-refractivity contribution in [3.8, 4) is 11.5 Å². The lowest BCUT2D eigenvalue weighted by molar-refractivity contribution is -0.121. The van der Waals surface area contributed by atoms with Gasteiger partial charge >= 0.3 is 0 Å². The van der Waals surface area contributed by atoms with E-state index in [0.717, 1.165) is 11.1 Å². The third kappa shape index (κ3) is 6.93. The molecule has 3 aromatic rings. The number of ether oxygens (including phenoxy) is 2. The van der Waals surface area contributed by atoms with E-state index in [1.165, 1.54) is 19.2 Å². The van der Waals surface area contributed by atoms with Gasteiger partial charge in [0, 0.05) is 11.4 Å². The van der Waals surface area contributed by atoms with Crippen LogP contribution >= 0.6 is 12.2 Å². The zero-order valence-electron chi connectivity index (χ0n) is 18.9. The van der Waals surface area contributed by atoms with Crippen LogP contribution in [0.3, 0.4) is 0 Å². The van der Waals surface area contributed by atoms with Crippen LogP contribution in [-0.2, 0) is 14.8 Å². The van der Waals surface area contributed by atoms with E-state index in [0.29, 0.717) is 22.9 Å². The van der Waals surface area contributed by atoms with Crippen LogP contribution in [0.2, 0.25) is 0 Å². The highest BCUT2D eigenvalue weighted by Crippen LogP contribution is 2.25. The van der Waals surface area contributed by atoms with Crippen molar-refractivity contribution in [2.45, 2.75) is 18.7 Å². The zero-order chi connectivity index (χ0) is 24.7. The first-order valence-corrected chi connectivity index (χ1v) is 12.1. The lowest BCUT2D eigenvalue weighted by Gasteiger charge is -2.13. The third-order valence-corrected chi connectivity index (χ3v) is 6.18. The standard InChI is InChI=1S/C24H25N3O5S2/c1-16-12-17(2)14-19(13-16)27-34(29,30)20-10-8-18(9-11-20)25-24(33)26-23(28)15-32-22-7-5-4-6-21(22)31-3/h4-14,27H,15H2,1-3H3,(H2,25,26,28,33). The Morgan fingerprint density at radius 1 is 0.912 bits per heavy atom. The van der Waals surface area contributed by atoms with Crippen LogP contribution in [-0.4, -0.2) is 33.2 Å². The monoisotopic (exact) mass is 499 g/mol. The Labute approximate surface area is 204 Å². The van der Waals surface area contributed by atoms with Gasteiger partial charge in [0.05, 0.1) is 12.0 Å². The number of sulfonamides is 1. The Bertz CT molecular complexity index is 1270. The number of carbonyl (C=O) groups excluding carboxylic acids is 1. The molecule has 0 atom stereocenters. The molecule has 1 amide bonds. The minimum atomic E-state index is -3.76. The van der Waals surface area contributed by atoms with Crippen LogP contribution in [0.5, 0.6) is 11.5 Å². The number of thiocarbonyl (C=S) groups is 1. The largest absolute Gasteiger partial charge is 0.493 e. The van der Waals surface area contributed by atoms with Crippen LogP contribution in [0.15, 0.2) is 71.6 Å². The van der Waals surface area contributed by atoms with E-state index in [4.69, 9.17) is 21.7 Å². The molecule has 0 aliphatic heterocycles. The molecule has 0 heterocycles. The topological polar surface area (TPSA) is 106 Å². The number of nitrogens with one attached hydrogen (secondary N) is 3. The van der Waals surface area contributed by atoms with Crippen molar-refractivity contribution in [1.29, 1.82) is 0 Å². The van der Waals surface area contributed by atoms with Crippen molar-refractivity contribution in [3.05, 3.63) is 77.9 Å². The molecule has 0 bridgehead atoms. The van der Waals surface area contributed by atoms with Crippen LogP contribution in [0, 0.1) is 13.8 Å². The van der Waals surface area contributed by atoms with E-state index >= 15 is 0 Å². The number of anilines is 2. The van der Waals surface area contributed by atoms with Gasteiger partial charge in [0.2, 0.25) is 0 Å². The third-order valence-electron chi connectivity index (χ3n) is 4.58. The second-order valence-corrected chi connectivity index (χ2v) is 9.54. The first kappa shape index (κ1) is 25.0. The van der Waals surface area contributed by atoms with E-state index in [-0.39, 0.29) is 16.6 Å². The van der Waals surface area contributed by atoms with Crippen LogP contribution in [0.4, 0.5) is 11.4 Å². The number of amides is 1. The molecule has 0 aromatic heterocycles. The Kier molecular flexibility index (Phi) is 8.08. The van der Waals surface area contributed by atoms with E-state index in [2.05, 4.69) is 15.4 Å². The second kappa shape index (κ2) is 11.0. The summed E-state index contributed by atoms with van der Waals surface area (Å²) in [6.07, 6.45) is 0. The van der Waals surface area contributed by atoms with E-state index in [9.17, 15) is 13.2 Å². The lowest BCUT2D eigenvalue weighted by Crippen LogP contribution is -2.37. The van der Waals surface area contributed by atoms with Gasteiger partial charge < -0.3 is 14.8 Å². The van der Waals surface area contributed by atoms with Gasteiger partial charge in [0.25, 0.3) is 15.9 Å². The first-order valence-electron chi connectivity index (χ1n) is 10.2. The molecule has 0 fully saturated rings. The van der Waals surface area contributed by atoms with Gasteiger partial charge in [0.1, 0.15) is 0 Å². The summed E-state index contributed by atoms with van der Waals surface area (Å²) in [6, 6.07) is 18.5. The van der Waals surface area contributed by atoms with Crippen LogP contribution < -0.4 is 24.8 Å². The fourth-order valence-corrected chi connectivity index (χ4v) is 4.44. The molecule has 0 radical (unpaired) electrons. The molecule has 3 rings (SSSR count). The average molecular weight is 500 g/mol. The summed E-state index contributed by atoms with van der Waals surface area (Å²) >= 11 is 5.16. The molecule has 34 heavy (non-hydrogen) atoms. The number of hydrogen-bond acceptors (Lipinski definition) is 6. The number of benzene rings is 3. The number of hydrogen-bond donors (Lipinski definition) is 3. The Balaban J connectivity index is 1.55. The number of methoxy groups -OCH3 is 1. The predicted molar refractivity (Wildman–Crippen MR) is 136 cm³/mol. The maximum absolute atomic E-state index is 12.7. The summed E-state index contributed by atoms with van der Waals surface area (Å²) < 4.78 is 38.6. The fourth-order valence-electron chi connectivity index (χ4n) is 3.17. The first-order chi connectivity index (χ1) is 16.2. The van der Waals surface area contributed by atoms with E-state index in [1.54, 1.807) is 48.5 Å². The van der Waals surface area contributed by atoms with Gasteiger partial charge in [-0.1, -0.05) is 18.2 Å². The van der Waals surface area contributed by atoms with Crippen molar-refractivity contribution in [1.82, 2.24) is 5.32 Å². The maximum atomic E-state index is 12.7.